The largest absolute Gasteiger partial charge is 0.497 e. The lowest BCUT2D eigenvalue weighted by molar-refractivity contribution is -0.142. The van der Waals surface area contributed by atoms with Gasteiger partial charge in [-0.05, 0) is 35.7 Å². The van der Waals surface area contributed by atoms with Crippen molar-refractivity contribution in [3.05, 3.63) is 53.9 Å². The molecule has 7 nitrogen and oxygen atoms in total. The standard InChI is InChI=1S/C19H22N2O5/c1-13(14-6-8-20-9-7-14)10-17(21-26-12-19(22)23)16-5-4-15(24-2)11-18(16)25-3/h4-9,11,13H,10,12H2,1-3H3,(H,22,23). The molecule has 1 aromatic heterocycles. The van der Waals surface area contributed by atoms with Gasteiger partial charge in [-0.1, -0.05) is 12.1 Å². The van der Waals surface area contributed by atoms with E-state index in [9.17, 15) is 4.79 Å². The van der Waals surface area contributed by atoms with Crippen molar-refractivity contribution in [1.82, 2.24) is 4.98 Å². The molecule has 2 rings (SSSR count). The van der Waals surface area contributed by atoms with Gasteiger partial charge in [-0.25, -0.2) is 4.79 Å². The van der Waals surface area contributed by atoms with Crippen LogP contribution in [0.2, 0.25) is 0 Å². The van der Waals surface area contributed by atoms with Crippen LogP contribution in [0.5, 0.6) is 11.5 Å². The first-order valence-electron chi connectivity index (χ1n) is 8.08. The van der Waals surface area contributed by atoms with Crippen LogP contribution in [-0.2, 0) is 9.63 Å². The molecular weight excluding hydrogens is 336 g/mol. The zero-order valence-corrected chi connectivity index (χ0v) is 15.0. The van der Waals surface area contributed by atoms with Gasteiger partial charge in [0.2, 0.25) is 6.61 Å². The Balaban J connectivity index is 2.33. The minimum Gasteiger partial charge on any atom is -0.497 e. The second-order valence-electron chi connectivity index (χ2n) is 5.66. The number of carboxylic acids is 1. The third kappa shape index (κ3) is 5.20. The Kier molecular flexibility index (Phi) is 6.96. The number of ether oxygens (including phenoxy) is 2. The van der Waals surface area contributed by atoms with Gasteiger partial charge in [-0.2, -0.15) is 0 Å². The van der Waals surface area contributed by atoms with Gasteiger partial charge < -0.3 is 19.4 Å². The fourth-order valence-electron chi connectivity index (χ4n) is 2.50. The summed E-state index contributed by atoms with van der Waals surface area (Å²) in [6.45, 7) is 1.55. The number of aliphatic carboxylic acids is 1. The van der Waals surface area contributed by atoms with Crippen LogP contribution in [0.3, 0.4) is 0 Å². The van der Waals surface area contributed by atoms with Gasteiger partial charge >= 0.3 is 5.97 Å². The highest BCUT2D eigenvalue weighted by Gasteiger charge is 2.17. The Morgan fingerprint density at radius 2 is 1.92 bits per heavy atom. The number of carboxylic acid groups (broad SMARTS) is 1. The molecule has 0 aliphatic heterocycles. The summed E-state index contributed by atoms with van der Waals surface area (Å²) in [7, 11) is 3.13. The fraction of sp³-hybridized carbons (Fsp3) is 0.316. The first-order chi connectivity index (χ1) is 12.5. The quantitative estimate of drug-likeness (QED) is 0.547. The molecule has 1 atom stereocenters. The molecule has 2 aromatic rings. The highest BCUT2D eigenvalue weighted by Crippen LogP contribution is 2.29. The van der Waals surface area contributed by atoms with E-state index in [0.717, 1.165) is 11.1 Å². The summed E-state index contributed by atoms with van der Waals surface area (Å²) in [6.07, 6.45) is 4.00. The minimum absolute atomic E-state index is 0.122. The third-order valence-corrected chi connectivity index (χ3v) is 3.86. The van der Waals surface area contributed by atoms with Crippen LogP contribution < -0.4 is 9.47 Å². The highest BCUT2D eigenvalue weighted by atomic mass is 16.6. The third-order valence-electron chi connectivity index (χ3n) is 3.86. The summed E-state index contributed by atoms with van der Waals surface area (Å²) in [5, 5.41) is 12.8. The van der Waals surface area contributed by atoms with Gasteiger partial charge in [0.1, 0.15) is 11.5 Å². The van der Waals surface area contributed by atoms with Crippen molar-refractivity contribution in [2.45, 2.75) is 19.3 Å². The summed E-state index contributed by atoms with van der Waals surface area (Å²) in [4.78, 5) is 19.7. The molecule has 7 heteroatoms. The molecule has 0 fully saturated rings. The number of oxime groups is 1. The van der Waals surface area contributed by atoms with E-state index in [-0.39, 0.29) is 5.92 Å². The average molecular weight is 358 g/mol. The smallest absolute Gasteiger partial charge is 0.344 e. The average Bonchev–Trinajstić information content (AvgIpc) is 2.67. The normalized spacial score (nSPS) is 12.3. The molecule has 0 bridgehead atoms. The number of rotatable bonds is 9. The lowest BCUT2D eigenvalue weighted by atomic mass is 9.93. The topological polar surface area (TPSA) is 90.2 Å². The molecular formula is C19H22N2O5. The predicted molar refractivity (Wildman–Crippen MR) is 96.9 cm³/mol. The second kappa shape index (κ2) is 9.41. The van der Waals surface area contributed by atoms with Crippen LogP contribution in [0, 0.1) is 0 Å². The Labute approximate surface area is 152 Å². The van der Waals surface area contributed by atoms with Crippen molar-refractivity contribution in [1.29, 1.82) is 0 Å². The van der Waals surface area contributed by atoms with Crippen LogP contribution in [0.4, 0.5) is 0 Å². The molecule has 1 heterocycles. The summed E-state index contributed by atoms with van der Waals surface area (Å²) in [5.41, 5.74) is 2.41. The second-order valence-corrected chi connectivity index (χ2v) is 5.66. The van der Waals surface area contributed by atoms with E-state index >= 15 is 0 Å². The van der Waals surface area contributed by atoms with E-state index in [2.05, 4.69) is 17.1 Å². The minimum atomic E-state index is -1.09. The Hall–Kier alpha value is -3.09. The van der Waals surface area contributed by atoms with E-state index in [4.69, 9.17) is 19.4 Å². The summed E-state index contributed by atoms with van der Waals surface area (Å²) in [6, 6.07) is 9.23. The maximum absolute atomic E-state index is 10.7. The van der Waals surface area contributed by atoms with E-state index in [1.165, 1.54) is 0 Å². The number of carbonyl (C=O) groups is 1. The van der Waals surface area contributed by atoms with Crippen molar-refractivity contribution in [2.24, 2.45) is 5.16 Å². The summed E-state index contributed by atoms with van der Waals surface area (Å²) in [5.74, 6) is 0.261. The van der Waals surface area contributed by atoms with E-state index in [1.54, 1.807) is 38.7 Å². The van der Waals surface area contributed by atoms with Gasteiger partial charge in [-0.15, -0.1) is 0 Å². The zero-order chi connectivity index (χ0) is 18.9. The molecule has 0 spiro atoms. The van der Waals surface area contributed by atoms with E-state index < -0.39 is 12.6 Å². The fourth-order valence-corrected chi connectivity index (χ4v) is 2.50. The number of nitrogens with zero attached hydrogens (tertiary/aromatic N) is 2. The van der Waals surface area contributed by atoms with Crippen LogP contribution in [0.1, 0.15) is 30.4 Å². The zero-order valence-electron chi connectivity index (χ0n) is 15.0. The van der Waals surface area contributed by atoms with Crippen molar-refractivity contribution in [3.8, 4) is 11.5 Å². The molecule has 1 aromatic carbocycles. The molecule has 0 saturated heterocycles. The first-order valence-corrected chi connectivity index (χ1v) is 8.08. The molecule has 0 saturated carbocycles. The first kappa shape index (κ1) is 19.2. The number of aromatic nitrogens is 1. The Bertz CT molecular complexity index is 762. The SMILES string of the molecule is COc1ccc(C(CC(C)c2ccncc2)=NOCC(=O)O)c(OC)c1. The number of benzene rings is 1. The molecule has 0 amide bonds. The van der Waals surface area contributed by atoms with Gasteiger partial charge in [-0.3, -0.25) is 4.98 Å². The monoisotopic (exact) mass is 358 g/mol. The highest BCUT2D eigenvalue weighted by molar-refractivity contribution is 6.03. The van der Waals surface area contributed by atoms with Crippen molar-refractivity contribution < 1.29 is 24.2 Å². The van der Waals surface area contributed by atoms with E-state index in [0.29, 0.717) is 23.6 Å². The van der Waals surface area contributed by atoms with Crippen LogP contribution in [0.15, 0.2) is 47.9 Å². The Morgan fingerprint density at radius 1 is 1.19 bits per heavy atom. The lowest BCUT2D eigenvalue weighted by Crippen LogP contribution is -2.11. The maximum atomic E-state index is 10.7. The number of methoxy groups -OCH3 is 2. The lowest BCUT2D eigenvalue weighted by Gasteiger charge is -2.16. The molecule has 0 aliphatic carbocycles. The van der Waals surface area contributed by atoms with Gasteiger partial charge in [0, 0.05) is 30.4 Å². The summed E-state index contributed by atoms with van der Waals surface area (Å²) < 4.78 is 10.7. The van der Waals surface area contributed by atoms with Crippen LogP contribution in [-0.4, -0.2) is 42.6 Å². The Morgan fingerprint density at radius 3 is 2.54 bits per heavy atom. The van der Waals surface area contributed by atoms with E-state index in [1.807, 2.05) is 18.2 Å². The number of pyridine rings is 1. The number of hydrogen-bond donors (Lipinski definition) is 1. The molecule has 0 aliphatic rings. The van der Waals surface area contributed by atoms with Crippen LogP contribution in [0.25, 0.3) is 0 Å². The van der Waals surface area contributed by atoms with Gasteiger partial charge in [0.05, 0.1) is 19.9 Å². The predicted octanol–water partition coefficient (Wildman–Crippen LogP) is 3.10. The molecule has 26 heavy (non-hydrogen) atoms. The van der Waals surface area contributed by atoms with Crippen molar-refractivity contribution in [2.75, 3.05) is 20.8 Å². The molecule has 1 unspecified atom stereocenters. The molecule has 1 N–H and O–H groups in total. The van der Waals surface area contributed by atoms with Crippen LogP contribution >= 0.6 is 0 Å². The molecule has 0 radical (unpaired) electrons. The molecule has 138 valence electrons. The van der Waals surface area contributed by atoms with Gasteiger partial charge in [0.15, 0.2) is 0 Å². The van der Waals surface area contributed by atoms with Gasteiger partial charge in [0.25, 0.3) is 0 Å². The van der Waals surface area contributed by atoms with Crippen molar-refractivity contribution in [3.63, 3.8) is 0 Å². The van der Waals surface area contributed by atoms with Crippen molar-refractivity contribution >= 4 is 11.7 Å². The summed E-state index contributed by atoms with van der Waals surface area (Å²) >= 11 is 0. The number of hydrogen-bond acceptors (Lipinski definition) is 6. The maximum Gasteiger partial charge on any atom is 0.344 e.